The Morgan fingerprint density at radius 1 is 1.06 bits per heavy atom. The molecule has 1 aliphatic rings. The summed E-state index contributed by atoms with van der Waals surface area (Å²) >= 11 is 3.68. The Bertz CT molecular complexity index is 215. The Balaban J connectivity index is 2.39. The second kappa shape index (κ2) is 6.53. The van der Waals surface area contributed by atoms with Gasteiger partial charge in [0.15, 0.2) is 0 Å². The monoisotopic (exact) mass is 304 g/mol. The van der Waals surface area contributed by atoms with E-state index in [1.54, 1.807) is 0 Å². The van der Waals surface area contributed by atoms with Gasteiger partial charge in [-0.05, 0) is 25.2 Å². The molecule has 3 heteroatoms. The fraction of sp³-hybridized carbons (Fsp3) is 1.00. The first-order valence-electron chi connectivity index (χ1n) is 6.87. The van der Waals surface area contributed by atoms with Crippen molar-refractivity contribution in [3.05, 3.63) is 0 Å². The molecule has 1 fully saturated rings. The maximum atomic E-state index is 3.68. The minimum atomic E-state index is 0.401. The summed E-state index contributed by atoms with van der Waals surface area (Å²) in [5, 5.41) is 1.11. The Morgan fingerprint density at radius 3 is 1.94 bits per heavy atom. The van der Waals surface area contributed by atoms with Crippen LogP contribution in [-0.4, -0.2) is 53.9 Å². The molecule has 1 saturated heterocycles. The van der Waals surface area contributed by atoms with Crippen molar-refractivity contribution in [3.8, 4) is 0 Å². The van der Waals surface area contributed by atoms with E-state index in [0.29, 0.717) is 11.5 Å². The third-order valence-electron chi connectivity index (χ3n) is 4.03. The van der Waals surface area contributed by atoms with Gasteiger partial charge in [0.2, 0.25) is 0 Å². The van der Waals surface area contributed by atoms with Crippen LogP contribution in [0.3, 0.4) is 0 Å². The van der Waals surface area contributed by atoms with E-state index in [4.69, 9.17) is 0 Å². The number of hydrogen-bond acceptors (Lipinski definition) is 2. The van der Waals surface area contributed by atoms with Crippen molar-refractivity contribution >= 4 is 15.9 Å². The van der Waals surface area contributed by atoms with Gasteiger partial charge >= 0.3 is 0 Å². The van der Waals surface area contributed by atoms with E-state index in [1.807, 2.05) is 0 Å². The van der Waals surface area contributed by atoms with Crippen LogP contribution < -0.4 is 0 Å². The van der Waals surface area contributed by atoms with E-state index in [2.05, 4.69) is 60.3 Å². The highest BCUT2D eigenvalue weighted by atomic mass is 79.9. The molecule has 17 heavy (non-hydrogen) atoms. The lowest BCUT2D eigenvalue weighted by molar-refractivity contribution is 0.0817. The van der Waals surface area contributed by atoms with E-state index in [9.17, 15) is 0 Å². The van der Waals surface area contributed by atoms with Crippen molar-refractivity contribution in [3.63, 3.8) is 0 Å². The lowest BCUT2D eigenvalue weighted by Crippen LogP contribution is -2.50. The molecule has 0 amide bonds. The van der Waals surface area contributed by atoms with Crippen molar-refractivity contribution in [2.75, 3.05) is 38.1 Å². The van der Waals surface area contributed by atoms with Gasteiger partial charge in [0.25, 0.3) is 0 Å². The third-order valence-corrected chi connectivity index (χ3v) is 4.81. The predicted molar refractivity (Wildman–Crippen MR) is 79.9 cm³/mol. The van der Waals surface area contributed by atoms with Crippen LogP contribution in [0.15, 0.2) is 0 Å². The van der Waals surface area contributed by atoms with Gasteiger partial charge < -0.3 is 4.90 Å². The highest BCUT2D eigenvalue weighted by Gasteiger charge is 2.27. The second-order valence-electron chi connectivity index (χ2n) is 6.65. The molecule has 0 bridgehead atoms. The molecule has 0 saturated carbocycles. The van der Waals surface area contributed by atoms with Crippen LogP contribution >= 0.6 is 15.9 Å². The van der Waals surface area contributed by atoms with E-state index < -0.39 is 0 Å². The first kappa shape index (κ1) is 15.5. The molecule has 0 spiro atoms. The quantitative estimate of drug-likeness (QED) is 0.737. The van der Waals surface area contributed by atoms with Crippen molar-refractivity contribution in [1.82, 2.24) is 9.80 Å². The van der Waals surface area contributed by atoms with Gasteiger partial charge in [0.1, 0.15) is 0 Å². The molecule has 0 aromatic heterocycles. The molecule has 102 valence electrons. The Kier molecular flexibility index (Phi) is 5.94. The zero-order valence-corrected chi connectivity index (χ0v) is 13.8. The minimum Gasteiger partial charge on any atom is -0.300 e. The number of piperazine rings is 1. The summed E-state index contributed by atoms with van der Waals surface area (Å²) in [7, 11) is 0. The highest BCUT2D eigenvalue weighted by molar-refractivity contribution is 9.09. The summed E-state index contributed by atoms with van der Waals surface area (Å²) in [6.45, 7) is 17.8. The van der Waals surface area contributed by atoms with Gasteiger partial charge in [0.05, 0.1) is 0 Å². The Hall–Kier alpha value is 0.400. The fourth-order valence-corrected chi connectivity index (χ4v) is 3.50. The molecule has 1 atom stereocenters. The predicted octanol–water partition coefficient (Wildman–Crippen LogP) is 3.07. The lowest BCUT2D eigenvalue weighted by Gasteiger charge is -2.40. The number of halogens is 1. The van der Waals surface area contributed by atoms with Crippen LogP contribution in [0, 0.1) is 11.3 Å². The first-order valence-corrected chi connectivity index (χ1v) is 7.99. The molecule has 1 heterocycles. The van der Waals surface area contributed by atoms with E-state index >= 15 is 0 Å². The highest BCUT2D eigenvalue weighted by Crippen LogP contribution is 2.28. The number of rotatable bonds is 4. The van der Waals surface area contributed by atoms with Crippen LogP contribution in [-0.2, 0) is 0 Å². The molecular weight excluding hydrogens is 276 g/mol. The molecule has 0 aromatic carbocycles. The van der Waals surface area contributed by atoms with Crippen LogP contribution in [0.25, 0.3) is 0 Å². The summed E-state index contributed by atoms with van der Waals surface area (Å²) in [6, 6.07) is 0.701. The van der Waals surface area contributed by atoms with Crippen molar-refractivity contribution < 1.29 is 0 Å². The van der Waals surface area contributed by atoms with Gasteiger partial charge in [-0.15, -0.1) is 0 Å². The first-order chi connectivity index (χ1) is 7.84. The molecule has 0 N–H and O–H groups in total. The number of hydrogen-bond donors (Lipinski definition) is 0. The summed E-state index contributed by atoms with van der Waals surface area (Å²) in [5.41, 5.74) is 0.401. The van der Waals surface area contributed by atoms with Gasteiger partial charge in [-0.3, -0.25) is 4.90 Å². The summed E-state index contributed by atoms with van der Waals surface area (Å²) in [6.07, 6.45) is 0. The van der Waals surface area contributed by atoms with Crippen molar-refractivity contribution in [2.24, 2.45) is 11.3 Å². The Labute approximate surface area is 116 Å². The maximum absolute atomic E-state index is 3.68. The summed E-state index contributed by atoms with van der Waals surface area (Å²) in [5.74, 6) is 0.744. The minimum absolute atomic E-state index is 0.401. The topological polar surface area (TPSA) is 6.48 Å². The summed E-state index contributed by atoms with van der Waals surface area (Å²) in [4.78, 5) is 5.22. The normalized spacial score (nSPS) is 22.1. The van der Waals surface area contributed by atoms with E-state index in [-0.39, 0.29) is 0 Å². The smallest absolute Gasteiger partial charge is 0.0113 e. The molecule has 1 rings (SSSR count). The van der Waals surface area contributed by atoms with Crippen molar-refractivity contribution in [1.29, 1.82) is 0 Å². The Morgan fingerprint density at radius 2 is 1.59 bits per heavy atom. The standard InChI is InChI=1S/C14H29BrN2/c1-12(2)17-8-6-16(7-9-17)11-13(10-15)14(3,4)5/h12-13H,6-11H2,1-5H3. The van der Waals surface area contributed by atoms with Crippen molar-refractivity contribution in [2.45, 2.75) is 40.7 Å². The van der Waals surface area contributed by atoms with Crippen LogP contribution in [0.5, 0.6) is 0 Å². The van der Waals surface area contributed by atoms with Gasteiger partial charge in [-0.1, -0.05) is 36.7 Å². The summed E-state index contributed by atoms with van der Waals surface area (Å²) < 4.78 is 0. The van der Waals surface area contributed by atoms with Gasteiger partial charge in [-0.25, -0.2) is 0 Å². The van der Waals surface area contributed by atoms with Crippen LogP contribution in [0.2, 0.25) is 0 Å². The number of alkyl halides is 1. The fourth-order valence-electron chi connectivity index (χ4n) is 2.33. The van der Waals surface area contributed by atoms with E-state index in [0.717, 1.165) is 11.2 Å². The van der Waals surface area contributed by atoms with Gasteiger partial charge in [0, 0.05) is 44.1 Å². The lowest BCUT2D eigenvalue weighted by atomic mass is 9.81. The zero-order chi connectivity index (χ0) is 13.1. The average Bonchev–Trinajstić information content (AvgIpc) is 2.24. The molecule has 0 aromatic rings. The third kappa shape index (κ3) is 4.88. The zero-order valence-electron chi connectivity index (χ0n) is 12.2. The SMILES string of the molecule is CC(C)N1CCN(CC(CBr)C(C)(C)C)CC1. The largest absolute Gasteiger partial charge is 0.300 e. The molecule has 0 radical (unpaired) electrons. The molecule has 2 nitrogen and oxygen atoms in total. The molecular formula is C14H29BrN2. The van der Waals surface area contributed by atoms with Crippen LogP contribution in [0.4, 0.5) is 0 Å². The maximum Gasteiger partial charge on any atom is 0.0113 e. The molecule has 1 unspecified atom stereocenters. The van der Waals surface area contributed by atoms with E-state index in [1.165, 1.54) is 32.7 Å². The average molecular weight is 305 g/mol. The number of nitrogens with zero attached hydrogens (tertiary/aromatic N) is 2. The van der Waals surface area contributed by atoms with Crippen LogP contribution in [0.1, 0.15) is 34.6 Å². The second-order valence-corrected chi connectivity index (χ2v) is 7.30. The molecule has 1 aliphatic heterocycles. The van der Waals surface area contributed by atoms with Gasteiger partial charge in [-0.2, -0.15) is 0 Å². The molecule has 0 aliphatic carbocycles.